The Balaban J connectivity index is 2.08. The molecule has 0 unspecified atom stereocenters. The zero-order chi connectivity index (χ0) is 20.6. The van der Waals surface area contributed by atoms with Crippen LogP contribution in [-0.2, 0) is 21.2 Å². The van der Waals surface area contributed by atoms with Gasteiger partial charge < -0.3 is 10.1 Å². The molecule has 0 spiro atoms. The van der Waals surface area contributed by atoms with Crippen molar-refractivity contribution in [3.8, 4) is 5.75 Å². The fourth-order valence-corrected chi connectivity index (χ4v) is 3.54. The zero-order valence-corrected chi connectivity index (χ0v) is 17.2. The number of aryl methyl sites for hydroxylation is 1. The predicted molar refractivity (Wildman–Crippen MR) is 112 cm³/mol. The summed E-state index contributed by atoms with van der Waals surface area (Å²) in [6.07, 6.45) is 6.23. The molecule has 0 heterocycles. The zero-order valence-electron chi connectivity index (χ0n) is 16.4. The van der Waals surface area contributed by atoms with Gasteiger partial charge in [0.15, 0.2) is 0 Å². The number of carbonyl (C=O) groups is 1. The fourth-order valence-electron chi connectivity index (χ4n) is 2.61. The lowest BCUT2D eigenvalue weighted by molar-refractivity contribution is -0.111. The Labute approximate surface area is 166 Å². The third-order valence-electron chi connectivity index (χ3n) is 4.21. The van der Waals surface area contributed by atoms with E-state index in [1.54, 1.807) is 18.2 Å². The molecule has 6 nitrogen and oxygen atoms in total. The molecule has 0 bridgehead atoms. The molecule has 1 amide bonds. The van der Waals surface area contributed by atoms with Gasteiger partial charge in [-0.1, -0.05) is 31.5 Å². The molecule has 2 rings (SSSR count). The van der Waals surface area contributed by atoms with Crippen molar-refractivity contribution in [1.82, 2.24) is 4.72 Å². The minimum absolute atomic E-state index is 0.0164. The van der Waals surface area contributed by atoms with Gasteiger partial charge in [0.2, 0.25) is 15.9 Å². The molecule has 0 aliphatic heterocycles. The van der Waals surface area contributed by atoms with Gasteiger partial charge in [-0.15, -0.1) is 0 Å². The summed E-state index contributed by atoms with van der Waals surface area (Å²) >= 11 is 0. The van der Waals surface area contributed by atoms with Crippen LogP contribution in [0.2, 0.25) is 0 Å². The normalized spacial score (nSPS) is 11.5. The highest BCUT2D eigenvalue weighted by atomic mass is 32.2. The second-order valence-electron chi connectivity index (χ2n) is 6.24. The van der Waals surface area contributed by atoms with Crippen LogP contribution < -0.4 is 14.8 Å². The second-order valence-corrected chi connectivity index (χ2v) is 8.10. The van der Waals surface area contributed by atoms with Crippen molar-refractivity contribution < 1.29 is 17.9 Å². The van der Waals surface area contributed by atoms with E-state index in [0.717, 1.165) is 19.3 Å². The quantitative estimate of drug-likeness (QED) is 0.628. The SMILES string of the molecule is CCCCc1ccc(NC(=O)/C=C/c2ccc(OC)c(S(=O)(=O)NC)c2)cc1. The summed E-state index contributed by atoms with van der Waals surface area (Å²) in [5.74, 6) is -0.0609. The maximum atomic E-state index is 12.2. The highest BCUT2D eigenvalue weighted by molar-refractivity contribution is 7.89. The molecule has 2 N–H and O–H groups in total. The smallest absolute Gasteiger partial charge is 0.248 e. The molecule has 0 aliphatic rings. The molecule has 0 saturated carbocycles. The van der Waals surface area contributed by atoms with Crippen molar-refractivity contribution in [3.05, 3.63) is 59.7 Å². The Kier molecular flexibility index (Phi) is 7.78. The Morgan fingerprint density at radius 1 is 1.14 bits per heavy atom. The van der Waals surface area contributed by atoms with Crippen LogP contribution in [0.5, 0.6) is 5.75 Å². The third kappa shape index (κ3) is 5.94. The van der Waals surface area contributed by atoms with E-state index in [9.17, 15) is 13.2 Å². The summed E-state index contributed by atoms with van der Waals surface area (Å²) in [6, 6.07) is 12.5. The first-order valence-corrected chi connectivity index (χ1v) is 10.6. The van der Waals surface area contributed by atoms with Crippen LogP contribution in [0.25, 0.3) is 6.08 Å². The van der Waals surface area contributed by atoms with E-state index in [1.165, 1.54) is 31.9 Å². The number of carbonyl (C=O) groups excluding carboxylic acids is 1. The number of ether oxygens (including phenoxy) is 1. The third-order valence-corrected chi connectivity index (χ3v) is 5.65. The molecule has 0 aromatic heterocycles. The molecule has 0 aliphatic carbocycles. The van der Waals surface area contributed by atoms with Crippen LogP contribution in [0.15, 0.2) is 53.4 Å². The van der Waals surface area contributed by atoms with E-state index in [-0.39, 0.29) is 16.6 Å². The van der Waals surface area contributed by atoms with E-state index < -0.39 is 10.0 Å². The van der Waals surface area contributed by atoms with E-state index in [0.29, 0.717) is 11.3 Å². The maximum absolute atomic E-state index is 12.2. The number of hydrogen-bond donors (Lipinski definition) is 2. The lowest BCUT2D eigenvalue weighted by Gasteiger charge is -2.09. The summed E-state index contributed by atoms with van der Waals surface area (Å²) < 4.78 is 31.6. The van der Waals surface area contributed by atoms with Gasteiger partial charge >= 0.3 is 0 Å². The number of anilines is 1. The number of rotatable bonds is 9. The molecular weight excluding hydrogens is 376 g/mol. The summed E-state index contributed by atoms with van der Waals surface area (Å²) in [6.45, 7) is 2.15. The van der Waals surface area contributed by atoms with Crippen molar-refractivity contribution in [2.75, 3.05) is 19.5 Å². The monoisotopic (exact) mass is 402 g/mol. The number of unbranched alkanes of at least 4 members (excludes halogenated alkanes) is 1. The Hall–Kier alpha value is -2.64. The van der Waals surface area contributed by atoms with E-state index >= 15 is 0 Å². The first kappa shape index (κ1) is 21.7. The molecule has 28 heavy (non-hydrogen) atoms. The van der Waals surface area contributed by atoms with Crippen LogP contribution in [0, 0.1) is 0 Å². The summed E-state index contributed by atoms with van der Waals surface area (Å²) in [5.41, 5.74) is 2.52. The van der Waals surface area contributed by atoms with Gasteiger partial charge in [-0.05, 0) is 61.4 Å². The minimum atomic E-state index is -3.67. The van der Waals surface area contributed by atoms with Crippen molar-refractivity contribution in [2.24, 2.45) is 0 Å². The fraction of sp³-hybridized carbons (Fsp3) is 0.286. The first-order valence-electron chi connectivity index (χ1n) is 9.09. The number of nitrogens with one attached hydrogen (secondary N) is 2. The molecule has 0 atom stereocenters. The van der Waals surface area contributed by atoms with Gasteiger partial charge in [-0.25, -0.2) is 13.1 Å². The highest BCUT2D eigenvalue weighted by Crippen LogP contribution is 2.25. The molecule has 0 saturated heterocycles. The Bertz CT molecular complexity index is 935. The number of sulfonamides is 1. The average molecular weight is 403 g/mol. The molecular formula is C21H26N2O4S. The predicted octanol–water partition coefficient (Wildman–Crippen LogP) is 3.60. The van der Waals surface area contributed by atoms with Crippen LogP contribution in [0.3, 0.4) is 0 Å². The number of benzene rings is 2. The first-order chi connectivity index (χ1) is 13.4. The van der Waals surface area contributed by atoms with Gasteiger partial charge in [-0.3, -0.25) is 4.79 Å². The van der Waals surface area contributed by atoms with E-state index in [1.807, 2.05) is 24.3 Å². The molecule has 2 aromatic carbocycles. The number of amides is 1. The molecule has 2 aromatic rings. The van der Waals surface area contributed by atoms with Crippen LogP contribution in [-0.4, -0.2) is 28.5 Å². The van der Waals surface area contributed by atoms with Crippen molar-refractivity contribution >= 4 is 27.7 Å². The Morgan fingerprint density at radius 3 is 2.46 bits per heavy atom. The molecule has 0 radical (unpaired) electrons. The van der Waals surface area contributed by atoms with Crippen LogP contribution >= 0.6 is 0 Å². The van der Waals surface area contributed by atoms with Crippen LogP contribution in [0.4, 0.5) is 5.69 Å². The molecule has 150 valence electrons. The lowest BCUT2D eigenvalue weighted by atomic mass is 10.1. The summed E-state index contributed by atoms with van der Waals surface area (Å²) in [4.78, 5) is 12.2. The summed E-state index contributed by atoms with van der Waals surface area (Å²) in [5, 5.41) is 2.79. The van der Waals surface area contributed by atoms with Crippen LogP contribution in [0.1, 0.15) is 30.9 Å². The minimum Gasteiger partial charge on any atom is -0.495 e. The largest absolute Gasteiger partial charge is 0.495 e. The highest BCUT2D eigenvalue weighted by Gasteiger charge is 2.17. The molecule has 0 fully saturated rings. The number of methoxy groups -OCH3 is 1. The van der Waals surface area contributed by atoms with E-state index in [2.05, 4.69) is 17.0 Å². The second kappa shape index (κ2) is 10.1. The average Bonchev–Trinajstić information content (AvgIpc) is 2.71. The van der Waals surface area contributed by atoms with Gasteiger partial charge in [0.05, 0.1) is 7.11 Å². The number of hydrogen-bond acceptors (Lipinski definition) is 4. The topological polar surface area (TPSA) is 84.5 Å². The lowest BCUT2D eigenvalue weighted by Crippen LogP contribution is -2.19. The van der Waals surface area contributed by atoms with Gasteiger partial charge in [0.25, 0.3) is 0 Å². The van der Waals surface area contributed by atoms with Gasteiger partial charge in [-0.2, -0.15) is 0 Å². The van der Waals surface area contributed by atoms with Crippen molar-refractivity contribution in [2.45, 2.75) is 31.1 Å². The van der Waals surface area contributed by atoms with Gasteiger partial charge in [0.1, 0.15) is 10.6 Å². The summed E-state index contributed by atoms with van der Waals surface area (Å²) in [7, 11) is -0.936. The van der Waals surface area contributed by atoms with E-state index in [4.69, 9.17) is 4.74 Å². The Morgan fingerprint density at radius 2 is 1.86 bits per heavy atom. The maximum Gasteiger partial charge on any atom is 0.248 e. The van der Waals surface area contributed by atoms with Crippen molar-refractivity contribution in [1.29, 1.82) is 0 Å². The molecule has 7 heteroatoms. The van der Waals surface area contributed by atoms with Gasteiger partial charge in [0, 0.05) is 11.8 Å². The standard InChI is InChI=1S/C21H26N2O4S/c1-4-5-6-16-7-11-18(12-8-16)23-21(24)14-10-17-9-13-19(27-3)20(15-17)28(25,26)22-2/h7-15,22H,4-6H2,1-3H3,(H,23,24)/b14-10+. The van der Waals surface area contributed by atoms with Crippen molar-refractivity contribution in [3.63, 3.8) is 0 Å².